The van der Waals surface area contributed by atoms with Crippen LogP contribution in [-0.2, 0) is 30.4 Å². The van der Waals surface area contributed by atoms with Crippen LogP contribution in [0.15, 0.2) is 48.1 Å². The molecule has 2 aromatic carbocycles. The number of hydrogen-bond donors (Lipinski definition) is 5. The van der Waals surface area contributed by atoms with Crippen LogP contribution in [0.3, 0.4) is 0 Å². The number of likely N-dealkylation sites (tertiary alicyclic amines) is 1. The van der Waals surface area contributed by atoms with Crippen LogP contribution in [0.25, 0.3) is 10.4 Å². The molecule has 0 spiro atoms. The van der Waals surface area contributed by atoms with Gasteiger partial charge in [0, 0.05) is 81.6 Å². The summed E-state index contributed by atoms with van der Waals surface area (Å²) in [7, 11) is 10.1. The van der Waals surface area contributed by atoms with Crippen molar-refractivity contribution in [1.29, 1.82) is 0 Å². The Hall–Kier alpha value is -4.75. The Balaban J connectivity index is 0.000000376. The molecule has 2 fully saturated rings. The highest BCUT2D eigenvalue weighted by molar-refractivity contribution is 8.00. The molecule has 23 heteroatoms. The van der Waals surface area contributed by atoms with Gasteiger partial charge in [-0.1, -0.05) is 23.7 Å². The number of nitrogens with zero attached hydrogens (tertiary/aromatic N) is 6. The Morgan fingerprint density at radius 2 is 1.67 bits per heavy atom. The minimum absolute atomic E-state index is 0.0178. The number of benzene rings is 2. The molecule has 2 saturated heterocycles. The van der Waals surface area contributed by atoms with Gasteiger partial charge in [0.1, 0.15) is 41.0 Å². The summed E-state index contributed by atoms with van der Waals surface area (Å²) in [5.41, 5.74) is 3.75. The van der Waals surface area contributed by atoms with Crippen molar-refractivity contribution in [3.8, 4) is 16.2 Å². The second-order valence-corrected chi connectivity index (χ2v) is 21.1. The fourth-order valence-corrected chi connectivity index (χ4v) is 9.53. The Labute approximate surface area is 455 Å². The third-order valence-electron chi connectivity index (χ3n) is 11.5. The summed E-state index contributed by atoms with van der Waals surface area (Å²) in [6.45, 7) is 17.9. The lowest BCUT2D eigenvalue weighted by Gasteiger charge is -2.36. The first-order chi connectivity index (χ1) is 35.8. The van der Waals surface area contributed by atoms with Crippen molar-refractivity contribution < 1.29 is 47.3 Å². The molecule has 0 bridgehead atoms. The number of methoxy groups -OCH3 is 1. The molecule has 2 aromatic heterocycles. The molecule has 75 heavy (non-hydrogen) atoms. The number of aryl methyl sites for hydroxylation is 1. The predicted molar refractivity (Wildman–Crippen MR) is 298 cm³/mol. The zero-order valence-electron chi connectivity index (χ0n) is 45.3. The number of likely N-dealkylation sites (N-methyl/N-ethyl adjacent to an activating group) is 2. The van der Waals surface area contributed by atoms with Gasteiger partial charge >= 0.3 is 0 Å². The number of halogens is 3. The third-order valence-corrected chi connectivity index (χ3v) is 14.1. The molecule has 0 aliphatic carbocycles. The number of aliphatic hydroxyl groups excluding tert-OH is 1. The van der Waals surface area contributed by atoms with E-state index in [1.807, 2.05) is 33.2 Å². The van der Waals surface area contributed by atoms with Crippen molar-refractivity contribution in [2.24, 2.45) is 0 Å². The Bertz CT molecular complexity index is 2310. The molecule has 4 aromatic rings. The molecule has 1 unspecified atom stereocenters. The standard InChI is InChI=1S/C22H42N4O4S.C13H13ClN4O2.C12H13FN2S.C4H7FO.CH4O/c1-22(2,20(23-3)21(28)26-7-5-6-19(26)18-27)31-17-16-30-15-14-29-13-12-25-10-8-24(4)9-11-25;1-15-12-9(14)6-16-13(18-12)17-10-4-3-8(7-19)5-11(10)20-2;1-8-12(16-7-15-8)10-4-3-9(6-14-2)5-11(10)13;1-4(2,5)3-6;1-2/h18-20,23H,5-17H2,1-4H3;3-7H,1-2H3,(H2,15,16,17,18);3-5,7,14H,6H2,1-2H3;3H,1-2H3;2H,1H3/t19-,20?;;;;/m0..../s1. The van der Waals surface area contributed by atoms with Crippen LogP contribution in [0.4, 0.5) is 26.2 Å². The number of carbonyl (C=O) groups is 4. The predicted octanol–water partition coefficient (Wildman–Crippen LogP) is 6.81. The monoisotopic (exact) mass is 1110 g/mol. The Morgan fingerprint density at radius 1 is 0.987 bits per heavy atom. The van der Waals surface area contributed by atoms with Crippen LogP contribution in [0.2, 0.25) is 5.02 Å². The number of ether oxygens (including phenoxy) is 3. The first-order valence-electron chi connectivity index (χ1n) is 24.5. The van der Waals surface area contributed by atoms with Crippen LogP contribution in [0.5, 0.6) is 5.75 Å². The minimum atomic E-state index is -1.64. The number of carbonyl (C=O) groups excluding carboxylic acids is 4. The van der Waals surface area contributed by atoms with Gasteiger partial charge in [0.05, 0.1) is 67.5 Å². The molecule has 4 heterocycles. The smallest absolute Gasteiger partial charge is 0.241 e. The van der Waals surface area contributed by atoms with Crippen molar-refractivity contribution in [1.82, 2.24) is 40.3 Å². The summed E-state index contributed by atoms with van der Waals surface area (Å²) in [6, 6.07) is 9.75. The molecular weight excluding hydrogens is 1030 g/mol. The van der Waals surface area contributed by atoms with E-state index in [0.29, 0.717) is 72.3 Å². The van der Waals surface area contributed by atoms with E-state index in [0.717, 1.165) is 93.7 Å². The Kier molecular flexibility index (Phi) is 31.5. The highest BCUT2D eigenvalue weighted by Gasteiger charge is 2.40. The summed E-state index contributed by atoms with van der Waals surface area (Å²) in [4.78, 5) is 64.3. The maximum absolute atomic E-state index is 13.9. The minimum Gasteiger partial charge on any atom is -0.495 e. The van der Waals surface area contributed by atoms with Gasteiger partial charge in [-0.25, -0.2) is 18.7 Å². The van der Waals surface area contributed by atoms with E-state index in [9.17, 15) is 28.0 Å². The number of aromatic nitrogens is 3. The maximum atomic E-state index is 13.9. The number of nitrogens with one attached hydrogen (secondary N) is 4. The number of thioether (sulfide) groups is 1. The van der Waals surface area contributed by atoms with Crippen molar-refractivity contribution in [3.05, 3.63) is 75.8 Å². The molecule has 5 N–H and O–H groups in total. The molecule has 0 saturated carbocycles. The van der Waals surface area contributed by atoms with Gasteiger partial charge in [0.25, 0.3) is 0 Å². The first kappa shape index (κ1) is 66.4. The van der Waals surface area contributed by atoms with Crippen molar-refractivity contribution in [3.63, 3.8) is 0 Å². The topological polar surface area (TPSA) is 213 Å². The normalized spacial score (nSPS) is 15.0. The molecular formula is C52H79ClF2N10O8S2. The van der Waals surface area contributed by atoms with E-state index in [4.69, 9.17) is 30.9 Å². The second-order valence-electron chi connectivity index (χ2n) is 18.1. The van der Waals surface area contributed by atoms with Gasteiger partial charge in [0.15, 0.2) is 12.0 Å². The summed E-state index contributed by atoms with van der Waals surface area (Å²) in [5.74, 6) is 2.06. The van der Waals surface area contributed by atoms with Gasteiger partial charge in [0.2, 0.25) is 11.9 Å². The SMILES string of the molecule is CC(C)(F)C=O.CNC(C(=O)N1CCC[C@H]1C=O)C(C)(C)SCCOCCOCCN1CCN(C)CC1.CNCc1ccc(-c2scnc2C)c(F)c1.CNc1nc(Nc2ccc(C=O)cc2OC)ncc1Cl.CO. The molecule has 6 rings (SSSR count). The largest absolute Gasteiger partial charge is 0.495 e. The van der Waals surface area contributed by atoms with Crippen molar-refractivity contribution >= 4 is 76.9 Å². The van der Waals surface area contributed by atoms with Crippen LogP contribution in [0.1, 0.15) is 62.2 Å². The lowest BCUT2D eigenvalue weighted by Crippen LogP contribution is -2.56. The fraction of sp³-hybridized carbons (Fsp3) is 0.558. The van der Waals surface area contributed by atoms with E-state index in [1.165, 1.54) is 38.5 Å². The van der Waals surface area contributed by atoms with E-state index in [-0.39, 0.29) is 34.8 Å². The van der Waals surface area contributed by atoms with Gasteiger partial charge in [-0.15, -0.1) is 11.3 Å². The molecule has 2 atom stereocenters. The lowest BCUT2D eigenvalue weighted by atomic mass is 10.0. The van der Waals surface area contributed by atoms with Gasteiger partial charge in [-0.2, -0.15) is 16.7 Å². The van der Waals surface area contributed by atoms with E-state index < -0.39 is 5.67 Å². The first-order valence-corrected chi connectivity index (χ1v) is 26.8. The average molecular weight is 1110 g/mol. The highest BCUT2D eigenvalue weighted by atomic mass is 35.5. The summed E-state index contributed by atoms with van der Waals surface area (Å²) < 4.78 is 42.0. The summed E-state index contributed by atoms with van der Waals surface area (Å²) in [5, 5.41) is 19.5. The number of thiazole rings is 1. The number of rotatable bonds is 23. The number of hydrogen-bond acceptors (Lipinski definition) is 19. The van der Waals surface area contributed by atoms with Gasteiger partial charge in [-0.3, -0.25) is 19.3 Å². The fourth-order valence-electron chi connectivity index (χ4n) is 7.40. The summed E-state index contributed by atoms with van der Waals surface area (Å²) >= 11 is 9.11. The lowest BCUT2D eigenvalue weighted by molar-refractivity contribution is -0.137. The second kappa shape index (κ2) is 35.6. The number of amides is 1. The number of aliphatic hydroxyl groups is 1. The van der Waals surface area contributed by atoms with E-state index >= 15 is 0 Å². The Morgan fingerprint density at radius 3 is 2.23 bits per heavy atom. The highest BCUT2D eigenvalue weighted by Crippen LogP contribution is 2.32. The molecule has 1 amide bonds. The molecule has 0 radical (unpaired) electrons. The molecule has 418 valence electrons. The molecule has 2 aliphatic rings. The summed E-state index contributed by atoms with van der Waals surface area (Å²) in [6.07, 6.45) is 5.08. The van der Waals surface area contributed by atoms with E-state index in [1.54, 1.807) is 53.5 Å². The van der Waals surface area contributed by atoms with E-state index in [2.05, 4.69) is 66.9 Å². The zero-order chi connectivity index (χ0) is 56.0. The zero-order valence-corrected chi connectivity index (χ0v) is 47.7. The van der Waals surface area contributed by atoms with Gasteiger partial charge < -0.3 is 55.2 Å². The van der Waals surface area contributed by atoms with Gasteiger partial charge in [-0.05, 0) is 98.4 Å². The van der Waals surface area contributed by atoms with Crippen molar-refractivity contribution in [2.75, 3.05) is 124 Å². The van der Waals surface area contributed by atoms with Crippen LogP contribution in [0, 0.1) is 12.7 Å². The number of anilines is 3. The van der Waals surface area contributed by atoms with Crippen molar-refractivity contribution in [2.45, 2.75) is 76.5 Å². The number of alkyl halides is 1. The maximum Gasteiger partial charge on any atom is 0.241 e. The van der Waals surface area contributed by atoms with Crippen LogP contribution >= 0.6 is 34.7 Å². The third kappa shape index (κ3) is 23.6. The number of piperazine rings is 1. The molecule has 18 nitrogen and oxygen atoms in total. The average Bonchev–Trinajstić information content (AvgIpc) is 4.07. The van der Waals surface area contributed by atoms with Crippen LogP contribution < -0.4 is 26.0 Å². The molecule has 2 aliphatic heterocycles. The quantitative estimate of drug-likeness (QED) is 0.0381. The number of aldehydes is 3. The van der Waals surface area contributed by atoms with Crippen LogP contribution in [-0.4, -0.2) is 196 Å².